The number of likely N-dealkylation sites (tertiary alicyclic amines) is 2. The standard InChI is InChI=1S/C24H28ClFN2O2.C2HF3O2/c25-20-4-1-5-22(16-20)30-18-23(29)27-13-2-10-24(12-15-27)11-3-14-28(24)17-19-6-8-21(26)9-7-19;3-2(4,5)1(6)7/h1,4-9,16H,2-3,10-15,17-18H2;(H,6,7). The number of nitrogens with zero attached hydrogens (tertiary/aromatic N) is 2. The summed E-state index contributed by atoms with van der Waals surface area (Å²) >= 11 is 5.98. The number of rotatable bonds is 5. The second kappa shape index (κ2) is 12.6. The van der Waals surface area contributed by atoms with Crippen molar-refractivity contribution in [2.45, 2.75) is 50.4 Å². The lowest BCUT2D eigenvalue weighted by molar-refractivity contribution is -0.192. The summed E-state index contributed by atoms with van der Waals surface area (Å²) in [5.74, 6) is -2.32. The van der Waals surface area contributed by atoms with Crippen molar-refractivity contribution in [3.05, 3.63) is 64.9 Å². The van der Waals surface area contributed by atoms with Crippen LogP contribution in [0, 0.1) is 5.82 Å². The van der Waals surface area contributed by atoms with Gasteiger partial charge in [-0.3, -0.25) is 9.69 Å². The van der Waals surface area contributed by atoms with Crippen LogP contribution in [0.25, 0.3) is 0 Å². The molecule has 1 atom stereocenters. The van der Waals surface area contributed by atoms with Crippen molar-refractivity contribution in [3.63, 3.8) is 0 Å². The van der Waals surface area contributed by atoms with E-state index in [1.165, 1.54) is 18.6 Å². The van der Waals surface area contributed by atoms with Crippen molar-refractivity contribution in [2.24, 2.45) is 0 Å². The van der Waals surface area contributed by atoms with E-state index in [2.05, 4.69) is 4.90 Å². The zero-order valence-corrected chi connectivity index (χ0v) is 20.9. The van der Waals surface area contributed by atoms with E-state index in [0.717, 1.165) is 57.4 Å². The van der Waals surface area contributed by atoms with E-state index < -0.39 is 12.1 Å². The fourth-order valence-corrected chi connectivity index (χ4v) is 5.02. The van der Waals surface area contributed by atoms with E-state index in [-0.39, 0.29) is 23.9 Å². The number of hydrogen-bond acceptors (Lipinski definition) is 4. The molecule has 202 valence electrons. The zero-order chi connectivity index (χ0) is 27.1. The maximum absolute atomic E-state index is 13.2. The number of amides is 1. The van der Waals surface area contributed by atoms with Crippen LogP contribution in [0.3, 0.4) is 0 Å². The van der Waals surface area contributed by atoms with Crippen LogP contribution in [0.2, 0.25) is 5.02 Å². The average Bonchev–Trinajstić information content (AvgIpc) is 3.08. The SMILES string of the molecule is O=C(COc1cccc(Cl)c1)N1CCCC2(CCCN2Cc2ccc(F)cc2)CC1.O=C(O)C(F)(F)F. The van der Waals surface area contributed by atoms with Crippen molar-refractivity contribution in [1.82, 2.24) is 9.80 Å². The van der Waals surface area contributed by atoms with Gasteiger partial charge in [0.2, 0.25) is 0 Å². The minimum Gasteiger partial charge on any atom is -0.484 e. The summed E-state index contributed by atoms with van der Waals surface area (Å²) in [7, 11) is 0. The van der Waals surface area contributed by atoms with Gasteiger partial charge in [-0.1, -0.05) is 29.8 Å². The number of carbonyl (C=O) groups is 2. The number of aliphatic carboxylic acids is 1. The van der Waals surface area contributed by atoms with Crippen LogP contribution >= 0.6 is 11.6 Å². The first-order chi connectivity index (χ1) is 17.5. The molecule has 2 heterocycles. The van der Waals surface area contributed by atoms with Crippen LogP contribution in [0.15, 0.2) is 48.5 Å². The third kappa shape index (κ3) is 8.33. The summed E-state index contributed by atoms with van der Waals surface area (Å²) in [6.07, 6.45) is 0.301. The monoisotopic (exact) mass is 544 g/mol. The lowest BCUT2D eigenvalue weighted by Gasteiger charge is -2.38. The smallest absolute Gasteiger partial charge is 0.484 e. The third-order valence-electron chi connectivity index (χ3n) is 6.70. The highest BCUT2D eigenvalue weighted by Crippen LogP contribution is 2.39. The molecule has 37 heavy (non-hydrogen) atoms. The molecule has 1 unspecified atom stereocenters. The molecule has 4 rings (SSSR count). The number of carboxylic acids is 1. The van der Waals surface area contributed by atoms with Gasteiger partial charge < -0.3 is 14.7 Å². The summed E-state index contributed by atoms with van der Waals surface area (Å²) < 4.78 is 50.6. The number of ether oxygens (including phenoxy) is 1. The molecule has 0 aromatic heterocycles. The van der Waals surface area contributed by atoms with Gasteiger partial charge >= 0.3 is 12.1 Å². The number of halogens is 5. The molecule has 2 aliphatic heterocycles. The summed E-state index contributed by atoms with van der Waals surface area (Å²) in [6, 6.07) is 13.9. The molecule has 6 nitrogen and oxygen atoms in total. The molecular formula is C26H29ClF4N2O4. The Morgan fingerprint density at radius 2 is 1.65 bits per heavy atom. The quantitative estimate of drug-likeness (QED) is 0.501. The Balaban J connectivity index is 0.000000479. The number of carbonyl (C=O) groups excluding carboxylic acids is 1. The van der Waals surface area contributed by atoms with E-state index in [1.54, 1.807) is 12.1 Å². The van der Waals surface area contributed by atoms with E-state index >= 15 is 0 Å². The Morgan fingerprint density at radius 1 is 1.00 bits per heavy atom. The fraction of sp³-hybridized carbons (Fsp3) is 0.462. The van der Waals surface area contributed by atoms with Crippen molar-refractivity contribution < 1.29 is 37.0 Å². The van der Waals surface area contributed by atoms with Crippen molar-refractivity contribution in [2.75, 3.05) is 26.2 Å². The van der Waals surface area contributed by atoms with Crippen LogP contribution < -0.4 is 4.74 Å². The normalized spacial score (nSPS) is 20.2. The van der Waals surface area contributed by atoms with Gasteiger partial charge in [-0.2, -0.15) is 13.2 Å². The highest BCUT2D eigenvalue weighted by Gasteiger charge is 2.42. The van der Waals surface area contributed by atoms with Gasteiger partial charge in [-0.15, -0.1) is 0 Å². The first kappa shape index (κ1) is 28.7. The van der Waals surface area contributed by atoms with Crippen molar-refractivity contribution >= 4 is 23.5 Å². The van der Waals surface area contributed by atoms with Crippen LogP contribution in [0.4, 0.5) is 17.6 Å². The molecule has 0 aliphatic carbocycles. The maximum atomic E-state index is 13.2. The van der Waals surface area contributed by atoms with E-state index in [4.69, 9.17) is 26.2 Å². The predicted octanol–water partition coefficient (Wildman–Crippen LogP) is 5.54. The molecule has 2 aromatic carbocycles. The third-order valence-corrected chi connectivity index (χ3v) is 6.93. The number of alkyl halides is 3. The van der Waals surface area contributed by atoms with Crippen LogP contribution in [0.1, 0.15) is 37.7 Å². The second-order valence-corrected chi connectivity index (χ2v) is 9.60. The molecule has 0 bridgehead atoms. The topological polar surface area (TPSA) is 70.1 Å². The van der Waals surface area contributed by atoms with Crippen molar-refractivity contribution in [1.29, 1.82) is 0 Å². The van der Waals surface area contributed by atoms with E-state index in [9.17, 15) is 22.4 Å². The summed E-state index contributed by atoms with van der Waals surface area (Å²) in [4.78, 5) is 26.1. The van der Waals surface area contributed by atoms with Gasteiger partial charge in [0.25, 0.3) is 5.91 Å². The Hall–Kier alpha value is -2.85. The Kier molecular flexibility index (Phi) is 9.78. The van der Waals surface area contributed by atoms with Crippen LogP contribution in [-0.2, 0) is 16.1 Å². The highest BCUT2D eigenvalue weighted by atomic mass is 35.5. The van der Waals surface area contributed by atoms with Crippen LogP contribution in [-0.4, -0.2) is 64.7 Å². The molecule has 2 aromatic rings. The zero-order valence-electron chi connectivity index (χ0n) is 20.1. The lowest BCUT2D eigenvalue weighted by atomic mass is 9.87. The highest BCUT2D eigenvalue weighted by molar-refractivity contribution is 6.30. The van der Waals surface area contributed by atoms with Crippen molar-refractivity contribution in [3.8, 4) is 5.75 Å². The fourth-order valence-electron chi connectivity index (χ4n) is 4.84. The average molecular weight is 545 g/mol. The van der Waals surface area contributed by atoms with Gasteiger partial charge in [0, 0.05) is 30.2 Å². The number of benzene rings is 2. The molecule has 1 spiro atoms. The van der Waals surface area contributed by atoms with Gasteiger partial charge in [-0.25, -0.2) is 9.18 Å². The number of carboxylic acid groups (broad SMARTS) is 1. The molecule has 11 heteroatoms. The molecule has 1 N–H and O–H groups in total. The molecule has 2 saturated heterocycles. The first-order valence-corrected chi connectivity index (χ1v) is 12.3. The Bertz CT molecular complexity index is 1070. The predicted molar refractivity (Wildman–Crippen MR) is 130 cm³/mol. The molecule has 0 saturated carbocycles. The minimum atomic E-state index is -5.08. The van der Waals surface area contributed by atoms with E-state index in [0.29, 0.717) is 10.8 Å². The molecule has 0 radical (unpaired) electrons. The van der Waals surface area contributed by atoms with Gasteiger partial charge in [0.15, 0.2) is 6.61 Å². The summed E-state index contributed by atoms with van der Waals surface area (Å²) in [5, 5.41) is 7.72. The second-order valence-electron chi connectivity index (χ2n) is 9.16. The Morgan fingerprint density at radius 3 is 2.27 bits per heavy atom. The Labute approximate surface area is 217 Å². The largest absolute Gasteiger partial charge is 0.490 e. The molecule has 1 amide bonds. The van der Waals surface area contributed by atoms with Gasteiger partial charge in [0.1, 0.15) is 11.6 Å². The van der Waals surface area contributed by atoms with Gasteiger partial charge in [-0.05, 0) is 74.5 Å². The number of hydrogen-bond donors (Lipinski definition) is 1. The molecule has 2 aliphatic rings. The van der Waals surface area contributed by atoms with Gasteiger partial charge in [0.05, 0.1) is 0 Å². The minimum absolute atomic E-state index is 0.0232. The maximum Gasteiger partial charge on any atom is 0.490 e. The van der Waals surface area contributed by atoms with Crippen LogP contribution in [0.5, 0.6) is 5.75 Å². The lowest BCUT2D eigenvalue weighted by Crippen LogP contribution is -2.44. The summed E-state index contributed by atoms with van der Waals surface area (Å²) in [6.45, 7) is 3.45. The first-order valence-electron chi connectivity index (χ1n) is 11.9. The molecule has 2 fully saturated rings. The molecular weight excluding hydrogens is 516 g/mol. The van der Waals surface area contributed by atoms with E-state index in [1.807, 2.05) is 29.2 Å². The summed E-state index contributed by atoms with van der Waals surface area (Å²) in [5.41, 5.74) is 1.28.